The molecule has 0 saturated carbocycles. The maximum atomic E-state index is 13.1. The molecule has 0 aliphatic carbocycles. The number of amides is 1. The van der Waals surface area contributed by atoms with Gasteiger partial charge in [-0.1, -0.05) is 13.3 Å². The zero-order chi connectivity index (χ0) is 22.8. The topological polar surface area (TPSA) is 103 Å². The van der Waals surface area contributed by atoms with E-state index in [0.29, 0.717) is 32.8 Å². The van der Waals surface area contributed by atoms with Crippen LogP contribution in [0.1, 0.15) is 25.3 Å². The quantitative estimate of drug-likeness (QED) is 0.547. The van der Waals surface area contributed by atoms with E-state index < -0.39 is 5.91 Å². The Morgan fingerprint density at radius 2 is 2.06 bits per heavy atom. The first kappa shape index (κ1) is 24.2. The molecule has 0 aliphatic rings. The van der Waals surface area contributed by atoms with Crippen LogP contribution in [0.4, 0.5) is 0 Å². The van der Waals surface area contributed by atoms with Gasteiger partial charge in [0.2, 0.25) is 0 Å². The predicted molar refractivity (Wildman–Crippen MR) is 120 cm³/mol. The van der Waals surface area contributed by atoms with Crippen LogP contribution in [0.15, 0.2) is 23.0 Å². The van der Waals surface area contributed by atoms with Gasteiger partial charge in [-0.15, -0.1) is 11.3 Å². The van der Waals surface area contributed by atoms with Crippen molar-refractivity contribution in [2.75, 3.05) is 34.5 Å². The molecule has 166 valence electrons. The van der Waals surface area contributed by atoms with Crippen LogP contribution in [0.3, 0.4) is 0 Å². The molecule has 1 heterocycles. The highest BCUT2D eigenvalue weighted by atomic mass is 32.1. The number of nitriles is 1. The van der Waals surface area contributed by atoms with Crippen molar-refractivity contribution in [1.29, 1.82) is 5.26 Å². The highest BCUT2D eigenvalue weighted by Gasteiger charge is 2.16. The van der Waals surface area contributed by atoms with Crippen LogP contribution >= 0.6 is 11.3 Å². The van der Waals surface area contributed by atoms with Gasteiger partial charge in [0.1, 0.15) is 22.2 Å². The lowest BCUT2D eigenvalue weighted by atomic mass is 10.2. The third-order valence-electron chi connectivity index (χ3n) is 4.52. The van der Waals surface area contributed by atoms with Gasteiger partial charge in [0.25, 0.3) is 11.5 Å². The molecule has 0 radical (unpaired) electrons. The molecule has 1 aromatic carbocycles. The van der Waals surface area contributed by atoms with Gasteiger partial charge in [-0.05, 0) is 24.6 Å². The van der Waals surface area contributed by atoms with Crippen LogP contribution in [0.25, 0.3) is 11.6 Å². The lowest BCUT2D eigenvalue weighted by Crippen LogP contribution is -2.36. The van der Waals surface area contributed by atoms with Gasteiger partial charge in [-0.3, -0.25) is 14.2 Å². The van der Waals surface area contributed by atoms with E-state index in [1.54, 1.807) is 31.4 Å². The molecule has 31 heavy (non-hydrogen) atoms. The monoisotopic (exact) mass is 445 g/mol. The molecule has 1 amide bonds. The number of benzene rings is 1. The van der Waals surface area contributed by atoms with Crippen molar-refractivity contribution in [2.24, 2.45) is 0 Å². The van der Waals surface area contributed by atoms with Crippen molar-refractivity contribution in [3.63, 3.8) is 0 Å². The molecule has 0 bridgehead atoms. The Bertz CT molecular complexity index is 1130. The van der Waals surface area contributed by atoms with Crippen molar-refractivity contribution >= 4 is 28.9 Å². The van der Waals surface area contributed by atoms with E-state index in [4.69, 9.17) is 14.2 Å². The zero-order valence-electron chi connectivity index (χ0n) is 18.2. The molecule has 1 aromatic heterocycles. The first-order chi connectivity index (χ1) is 15.0. The molecular formula is C22H27N3O5S. The van der Waals surface area contributed by atoms with Gasteiger partial charge >= 0.3 is 0 Å². The van der Waals surface area contributed by atoms with Gasteiger partial charge in [-0.25, -0.2) is 0 Å². The second-order valence-corrected chi connectivity index (χ2v) is 7.60. The van der Waals surface area contributed by atoms with Crippen molar-refractivity contribution in [3.05, 3.63) is 43.3 Å². The minimum Gasteiger partial charge on any atom is -0.497 e. The largest absolute Gasteiger partial charge is 0.497 e. The summed E-state index contributed by atoms with van der Waals surface area (Å²) in [7, 11) is 4.62. The van der Waals surface area contributed by atoms with E-state index in [9.17, 15) is 14.9 Å². The lowest BCUT2D eigenvalue weighted by Gasteiger charge is -2.06. The number of ether oxygens (including phenoxy) is 3. The van der Waals surface area contributed by atoms with E-state index in [2.05, 4.69) is 5.32 Å². The minimum atomic E-state index is -0.489. The van der Waals surface area contributed by atoms with Crippen LogP contribution < -0.4 is 29.5 Å². The number of nitrogens with one attached hydrogen (secondary N) is 1. The average Bonchev–Trinajstić information content (AvgIpc) is 3.08. The number of aromatic nitrogens is 1. The number of nitrogens with zero attached hydrogens (tertiary/aromatic N) is 2. The second-order valence-electron chi connectivity index (χ2n) is 6.57. The maximum absolute atomic E-state index is 13.1. The number of thiazole rings is 1. The SMILES string of the molecule is CCCCNC(=O)/C(C#N)=c1\s/c(=C\c2ccc(OC)cc2OC)c(=O)n1CCOC. The van der Waals surface area contributed by atoms with Gasteiger partial charge in [0.05, 0.1) is 31.9 Å². The lowest BCUT2D eigenvalue weighted by molar-refractivity contribution is -0.115. The van der Waals surface area contributed by atoms with Crippen molar-refractivity contribution in [3.8, 4) is 17.6 Å². The summed E-state index contributed by atoms with van der Waals surface area (Å²) in [4.78, 5) is 25.7. The molecule has 8 nitrogen and oxygen atoms in total. The maximum Gasteiger partial charge on any atom is 0.269 e. The molecule has 0 saturated heterocycles. The Hall–Kier alpha value is -3.09. The van der Waals surface area contributed by atoms with E-state index in [1.807, 2.05) is 13.0 Å². The number of methoxy groups -OCH3 is 3. The fourth-order valence-electron chi connectivity index (χ4n) is 2.83. The summed E-state index contributed by atoms with van der Waals surface area (Å²) in [6, 6.07) is 7.23. The normalized spacial score (nSPS) is 12.3. The number of rotatable bonds is 10. The molecule has 2 aromatic rings. The molecule has 0 spiro atoms. The number of hydrogen-bond donors (Lipinski definition) is 1. The predicted octanol–water partition coefficient (Wildman–Crippen LogP) is 0.993. The highest BCUT2D eigenvalue weighted by Crippen LogP contribution is 2.24. The smallest absolute Gasteiger partial charge is 0.269 e. The summed E-state index contributed by atoms with van der Waals surface area (Å²) in [6.07, 6.45) is 3.41. The van der Waals surface area contributed by atoms with Crippen LogP contribution in [0, 0.1) is 11.3 Å². The first-order valence-electron chi connectivity index (χ1n) is 9.85. The first-order valence-corrected chi connectivity index (χ1v) is 10.7. The van der Waals surface area contributed by atoms with E-state index in [1.165, 1.54) is 18.8 Å². The van der Waals surface area contributed by atoms with E-state index >= 15 is 0 Å². The van der Waals surface area contributed by atoms with Crippen molar-refractivity contribution < 1.29 is 19.0 Å². The second kappa shape index (κ2) is 11.9. The summed E-state index contributed by atoms with van der Waals surface area (Å²) >= 11 is 1.09. The number of carbonyl (C=O) groups excluding carboxylic acids is 1. The molecule has 0 aliphatic heterocycles. The number of unbranched alkanes of at least 4 members (excludes halogenated alkanes) is 1. The fraction of sp³-hybridized carbons (Fsp3) is 0.409. The summed E-state index contributed by atoms with van der Waals surface area (Å²) in [6.45, 7) is 2.97. The summed E-state index contributed by atoms with van der Waals surface area (Å²) in [5.74, 6) is 0.679. The molecular weight excluding hydrogens is 418 g/mol. The highest BCUT2D eigenvalue weighted by molar-refractivity contribution is 7.07. The Labute approximate surface area is 185 Å². The standard InChI is InChI=1S/C22H27N3O5S/c1-5-6-9-24-20(26)17(14-23)22-25(10-11-28-2)21(27)19(31-22)12-15-7-8-16(29-3)13-18(15)30-4/h7-8,12-13H,5-6,9-11H2,1-4H3,(H,24,26)/b19-12-,22-17-. The fourth-order valence-corrected chi connectivity index (χ4v) is 3.95. The average molecular weight is 446 g/mol. The molecule has 0 fully saturated rings. The number of hydrogen-bond acceptors (Lipinski definition) is 7. The summed E-state index contributed by atoms with van der Waals surface area (Å²) < 4.78 is 17.8. The zero-order valence-corrected chi connectivity index (χ0v) is 19.0. The van der Waals surface area contributed by atoms with E-state index in [-0.39, 0.29) is 24.3 Å². The van der Waals surface area contributed by atoms with E-state index in [0.717, 1.165) is 24.2 Å². The Balaban J connectivity index is 2.69. The third kappa shape index (κ3) is 5.96. The third-order valence-corrected chi connectivity index (χ3v) is 5.65. The van der Waals surface area contributed by atoms with Crippen molar-refractivity contribution in [2.45, 2.75) is 26.3 Å². The molecule has 2 rings (SSSR count). The van der Waals surface area contributed by atoms with Crippen LogP contribution in [-0.4, -0.2) is 45.0 Å². The molecule has 0 unspecified atom stereocenters. The van der Waals surface area contributed by atoms with Gasteiger partial charge in [0.15, 0.2) is 5.57 Å². The van der Waals surface area contributed by atoms with Gasteiger partial charge < -0.3 is 19.5 Å². The van der Waals surface area contributed by atoms with Crippen LogP contribution in [-0.2, 0) is 16.1 Å². The molecule has 1 N–H and O–H groups in total. The van der Waals surface area contributed by atoms with Crippen LogP contribution in [0.5, 0.6) is 11.5 Å². The Morgan fingerprint density at radius 1 is 1.29 bits per heavy atom. The molecule has 0 atom stereocenters. The van der Waals surface area contributed by atoms with Gasteiger partial charge in [-0.2, -0.15) is 5.26 Å². The van der Waals surface area contributed by atoms with Gasteiger partial charge in [0, 0.05) is 25.3 Å². The minimum absolute atomic E-state index is 0.0874. The Morgan fingerprint density at radius 3 is 2.68 bits per heavy atom. The Kier molecular flexibility index (Phi) is 9.31. The summed E-state index contributed by atoms with van der Waals surface area (Å²) in [5, 5.41) is 12.4. The number of carbonyl (C=O) groups is 1. The van der Waals surface area contributed by atoms with Crippen molar-refractivity contribution in [1.82, 2.24) is 9.88 Å². The van der Waals surface area contributed by atoms with Crippen LogP contribution in [0.2, 0.25) is 0 Å². The summed E-state index contributed by atoms with van der Waals surface area (Å²) in [5.41, 5.74) is 0.290. The molecule has 9 heteroatoms.